The van der Waals surface area contributed by atoms with Gasteiger partial charge in [0.15, 0.2) is 6.04 Å². The molecule has 1 atom stereocenters. The van der Waals surface area contributed by atoms with E-state index in [0.29, 0.717) is 15.1 Å². The number of carboxylic acids is 1. The summed E-state index contributed by atoms with van der Waals surface area (Å²) < 4.78 is 5.54. The average molecular weight is 365 g/mol. The second-order valence-electron chi connectivity index (χ2n) is 5.08. The standard InChI is InChI=1S/C13H15BrClNO4/c1-13(2,3)20-12(19)16-10(11(17)18)8-5-4-7(15)6-9(8)14/h4-6,10H,1-3H3,(H,16,19)(H,17,18). The van der Waals surface area contributed by atoms with Crippen LogP contribution < -0.4 is 5.32 Å². The second kappa shape index (κ2) is 6.45. The Hall–Kier alpha value is -1.27. The predicted molar refractivity (Wildman–Crippen MR) is 78.9 cm³/mol. The van der Waals surface area contributed by atoms with Crippen LogP contribution in [0.4, 0.5) is 4.79 Å². The third kappa shape index (κ3) is 5.02. The van der Waals surface area contributed by atoms with Crippen molar-refractivity contribution < 1.29 is 19.4 Å². The summed E-state index contributed by atoms with van der Waals surface area (Å²) in [6.45, 7) is 5.09. The SMILES string of the molecule is CC(C)(C)OC(=O)NC(C(=O)O)c1ccc(Cl)cc1Br. The van der Waals surface area contributed by atoms with Crippen LogP contribution in [0.15, 0.2) is 22.7 Å². The van der Waals surface area contributed by atoms with Gasteiger partial charge < -0.3 is 15.2 Å². The molecular weight excluding hydrogens is 350 g/mol. The molecule has 110 valence electrons. The zero-order valence-electron chi connectivity index (χ0n) is 11.2. The van der Waals surface area contributed by atoms with Gasteiger partial charge in [-0.25, -0.2) is 9.59 Å². The van der Waals surface area contributed by atoms with Gasteiger partial charge in [0.2, 0.25) is 0 Å². The highest BCUT2D eigenvalue weighted by atomic mass is 79.9. The first-order valence-electron chi connectivity index (χ1n) is 5.77. The molecule has 1 unspecified atom stereocenters. The lowest BCUT2D eigenvalue weighted by molar-refractivity contribution is -0.139. The molecule has 0 radical (unpaired) electrons. The van der Waals surface area contributed by atoms with Crippen molar-refractivity contribution in [2.24, 2.45) is 0 Å². The monoisotopic (exact) mass is 363 g/mol. The molecule has 1 amide bonds. The molecule has 0 heterocycles. The Balaban J connectivity index is 2.96. The first-order valence-corrected chi connectivity index (χ1v) is 6.94. The number of ether oxygens (including phenoxy) is 1. The molecule has 0 aliphatic carbocycles. The van der Waals surface area contributed by atoms with Gasteiger partial charge in [0.25, 0.3) is 0 Å². The van der Waals surface area contributed by atoms with Crippen LogP contribution in [0.1, 0.15) is 32.4 Å². The van der Waals surface area contributed by atoms with Crippen molar-refractivity contribution in [2.45, 2.75) is 32.4 Å². The maximum Gasteiger partial charge on any atom is 0.408 e. The molecule has 0 spiro atoms. The Morgan fingerprint density at radius 2 is 2.00 bits per heavy atom. The second-order valence-corrected chi connectivity index (χ2v) is 6.37. The van der Waals surface area contributed by atoms with Gasteiger partial charge in [-0.15, -0.1) is 0 Å². The third-order valence-electron chi connectivity index (χ3n) is 2.18. The minimum atomic E-state index is -1.23. The van der Waals surface area contributed by atoms with E-state index in [4.69, 9.17) is 16.3 Å². The number of carbonyl (C=O) groups is 2. The molecule has 2 N–H and O–H groups in total. The first kappa shape index (κ1) is 16.8. The summed E-state index contributed by atoms with van der Waals surface area (Å²) in [7, 11) is 0. The van der Waals surface area contributed by atoms with Gasteiger partial charge in [0.1, 0.15) is 5.60 Å². The maximum atomic E-state index is 11.7. The average Bonchev–Trinajstić information content (AvgIpc) is 2.23. The molecule has 0 aliphatic rings. The minimum absolute atomic E-state index is 0.382. The lowest BCUT2D eigenvalue weighted by Crippen LogP contribution is -2.38. The zero-order valence-corrected chi connectivity index (χ0v) is 13.6. The molecule has 0 aromatic heterocycles. The van der Waals surface area contributed by atoms with E-state index in [2.05, 4.69) is 21.2 Å². The molecule has 0 aliphatic heterocycles. The lowest BCUT2D eigenvalue weighted by Gasteiger charge is -2.22. The Morgan fingerprint density at radius 3 is 2.45 bits per heavy atom. The smallest absolute Gasteiger partial charge is 0.408 e. The van der Waals surface area contributed by atoms with Crippen molar-refractivity contribution in [3.63, 3.8) is 0 Å². The molecule has 0 saturated heterocycles. The number of aliphatic carboxylic acids is 1. The predicted octanol–water partition coefficient (Wildman–Crippen LogP) is 3.75. The van der Waals surface area contributed by atoms with E-state index in [1.165, 1.54) is 6.07 Å². The van der Waals surface area contributed by atoms with Gasteiger partial charge >= 0.3 is 12.1 Å². The molecule has 20 heavy (non-hydrogen) atoms. The number of hydrogen-bond acceptors (Lipinski definition) is 3. The fraction of sp³-hybridized carbons (Fsp3) is 0.385. The number of halogens is 2. The zero-order chi connectivity index (χ0) is 15.5. The largest absolute Gasteiger partial charge is 0.479 e. The van der Waals surface area contributed by atoms with Crippen LogP contribution in [0, 0.1) is 0 Å². The van der Waals surface area contributed by atoms with Gasteiger partial charge in [-0.2, -0.15) is 0 Å². The lowest BCUT2D eigenvalue weighted by atomic mass is 10.1. The summed E-state index contributed by atoms with van der Waals surface area (Å²) in [5, 5.41) is 12.0. The Morgan fingerprint density at radius 1 is 1.40 bits per heavy atom. The highest BCUT2D eigenvalue weighted by Crippen LogP contribution is 2.27. The first-order chi connectivity index (χ1) is 9.10. The molecule has 0 bridgehead atoms. The summed E-state index contributed by atoms with van der Waals surface area (Å²) >= 11 is 9.03. The number of rotatable bonds is 3. The van der Waals surface area contributed by atoms with Crippen molar-refractivity contribution >= 4 is 39.6 Å². The summed E-state index contributed by atoms with van der Waals surface area (Å²) in [6.07, 6.45) is -0.799. The number of benzene rings is 1. The van der Waals surface area contributed by atoms with Crippen LogP contribution in [0.3, 0.4) is 0 Å². The van der Waals surface area contributed by atoms with Crippen molar-refractivity contribution in [1.29, 1.82) is 0 Å². The highest BCUT2D eigenvalue weighted by molar-refractivity contribution is 9.10. The third-order valence-corrected chi connectivity index (χ3v) is 3.10. The van der Waals surface area contributed by atoms with E-state index < -0.39 is 23.7 Å². The quantitative estimate of drug-likeness (QED) is 0.856. The number of carboxylic acid groups (broad SMARTS) is 1. The topological polar surface area (TPSA) is 75.6 Å². The Labute approximate surface area is 130 Å². The molecule has 7 heteroatoms. The minimum Gasteiger partial charge on any atom is -0.479 e. The Kier molecular flexibility index (Phi) is 5.42. The maximum absolute atomic E-state index is 11.7. The van der Waals surface area contributed by atoms with Gasteiger partial charge in [-0.3, -0.25) is 0 Å². The Bertz CT molecular complexity index is 528. The van der Waals surface area contributed by atoms with E-state index in [1.807, 2.05) is 0 Å². The van der Waals surface area contributed by atoms with Gasteiger partial charge in [-0.05, 0) is 32.9 Å². The summed E-state index contributed by atoms with van der Waals surface area (Å²) in [5.74, 6) is -1.20. The van der Waals surface area contributed by atoms with Crippen molar-refractivity contribution in [3.8, 4) is 0 Å². The van der Waals surface area contributed by atoms with Crippen molar-refractivity contribution in [1.82, 2.24) is 5.32 Å². The molecule has 5 nitrogen and oxygen atoms in total. The summed E-state index contributed by atoms with van der Waals surface area (Å²) in [6, 6.07) is 3.41. The van der Waals surface area contributed by atoms with Crippen LogP contribution in [-0.4, -0.2) is 22.8 Å². The molecule has 0 fully saturated rings. The van der Waals surface area contributed by atoms with Gasteiger partial charge in [0, 0.05) is 15.1 Å². The number of hydrogen-bond donors (Lipinski definition) is 2. The van der Waals surface area contributed by atoms with Crippen LogP contribution in [0.2, 0.25) is 5.02 Å². The van der Waals surface area contributed by atoms with E-state index in [0.717, 1.165) is 0 Å². The van der Waals surface area contributed by atoms with Gasteiger partial charge in [0.05, 0.1) is 0 Å². The molecule has 1 aromatic carbocycles. The number of nitrogens with one attached hydrogen (secondary N) is 1. The molecular formula is C13H15BrClNO4. The van der Waals surface area contributed by atoms with Crippen LogP contribution in [0.5, 0.6) is 0 Å². The fourth-order valence-electron chi connectivity index (χ4n) is 1.43. The van der Waals surface area contributed by atoms with E-state index in [-0.39, 0.29) is 0 Å². The summed E-state index contributed by atoms with van der Waals surface area (Å²) in [4.78, 5) is 23.0. The van der Waals surface area contributed by atoms with Crippen LogP contribution in [0.25, 0.3) is 0 Å². The van der Waals surface area contributed by atoms with Gasteiger partial charge in [-0.1, -0.05) is 33.6 Å². The molecule has 1 rings (SSSR count). The van der Waals surface area contributed by atoms with E-state index >= 15 is 0 Å². The van der Waals surface area contributed by atoms with E-state index in [1.54, 1.807) is 32.9 Å². The van der Waals surface area contributed by atoms with Crippen LogP contribution in [-0.2, 0) is 9.53 Å². The molecule has 1 aromatic rings. The normalized spacial score (nSPS) is 12.7. The highest BCUT2D eigenvalue weighted by Gasteiger charge is 2.26. The number of amides is 1. The summed E-state index contributed by atoms with van der Waals surface area (Å²) in [5.41, 5.74) is -0.322. The molecule has 0 saturated carbocycles. The van der Waals surface area contributed by atoms with Crippen LogP contribution >= 0.6 is 27.5 Å². The number of alkyl carbamates (subject to hydrolysis) is 1. The van der Waals surface area contributed by atoms with Crippen molar-refractivity contribution in [3.05, 3.63) is 33.3 Å². The van der Waals surface area contributed by atoms with E-state index in [9.17, 15) is 14.7 Å². The van der Waals surface area contributed by atoms with Crippen molar-refractivity contribution in [2.75, 3.05) is 0 Å². The fourth-order valence-corrected chi connectivity index (χ4v) is 2.35. The number of carbonyl (C=O) groups excluding carboxylic acids is 1.